The Morgan fingerprint density at radius 2 is 2.15 bits per heavy atom. The van der Waals surface area contributed by atoms with E-state index in [1.807, 2.05) is 13.0 Å². The first kappa shape index (κ1) is 10.5. The Morgan fingerprint density at radius 1 is 1.46 bits per heavy atom. The summed E-state index contributed by atoms with van der Waals surface area (Å²) in [6, 6.07) is 6.32. The van der Waals surface area contributed by atoms with Gasteiger partial charge in [-0.25, -0.2) is 0 Å². The summed E-state index contributed by atoms with van der Waals surface area (Å²) in [5.74, 6) is 0. The van der Waals surface area contributed by atoms with Crippen molar-refractivity contribution in [1.82, 2.24) is 0 Å². The lowest BCUT2D eigenvalue weighted by Crippen LogP contribution is -1.84. The molecule has 0 aliphatic carbocycles. The number of halogens is 1. The fourth-order valence-electron chi connectivity index (χ4n) is 1.08. The van der Waals surface area contributed by atoms with Gasteiger partial charge in [0.2, 0.25) is 0 Å². The molecule has 0 nitrogen and oxygen atoms in total. The molecule has 0 bridgehead atoms. The van der Waals surface area contributed by atoms with Crippen LogP contribution in [-0.4, -0.2) is 0 Å². The van der Waals surface area contributed by atoms with Crippen molar-refractivity contribution in [3.8, 4) is 0 Å². The van der Waals surface area contributed by atoms with Crippen molar-refractivity contribution in [1.29, 1.82) is 0 Å². The average molecular weight is 284 g/mol. The molecule has 0 saturated heterocycles. The predicted molar refractivity (Wildman–Crippen MR) is 67.7 cm³/mol. The van der Waals surface area contributed by atoms with Gasteiger partial charge in [-0.15, -0.1) is 0 Å². The minimum atomic E-state index is 1.08. The fraction of sp³-hybridized carbons (Fsp3) is 0.167. The molecule has 13 heavy (non-hydrogen) atoms. The van der Waals surface area contributed by atoms with E-state index in [4.69, 9.17) is 0 Å². The minimum absolute atomic E-state index is 1.08. The Labute approximate surface area is 93.5 Å². The molecular weight excluding hydrogens is 271 g/mol. The zero-order valence-electron chi connectivity index (χ0n) is 7.97. The van der Waals surface area contributed by atoms with Crippen molar-refractivity contribution >= 4 is 28.7 Å². The standard InChI is InChI=1S/C12H13I/c1-9(2)7-8-11-10(3)5-4-6-12(11)13/h4-8H,1H2,2-3H3/b8-7-. The van der Waals surface area contributed by atoms with Gasteiger partial charge >= 0.3 is 0 Å². The molecule has 0 spiro atoms. The van der Waals surface area contributed by atoms with Crippen LogP contribution in [-0.2, 0) is 0 Å². The largest absolute Gasteiger partial charge is 0.0961 e. The van der Waals surface area contributed by atoms with Gasteiger partial charge in [-0.2, -0.15) is 0 Å². The predicted octanol–water partition coefficient (Wildman–Crippen LogP) is 4.19. The van der Waals surface area contributed by atoms with E-state index in [-0.39, 0.29) is 0 Å². The molecule has 0 radical (unpaired) electrons. The molecule has 68 valence electrons. The molecule has 1 aromatic carbocycles. The lowest BCUT2D eigenvalue weighted by Gasteiger charge is -2.02. The van der Waals surface area contributed by atoms with E-state index in [1.165, 1.54) is 14.7 Å². The zero-order valence-corrected chi connectivity index (χ0v) is 10.1. The van der Waals surface area contributed by atoms with Crippen molar-refractivity contribution in [3.63, 3.8) is 0 Å². The molecule has 0 aromatic heterocycles. The van der Waals surface area contributed by atoms with Gasteiger partial charge in [-0.3, -0.25) is 0 Å². The first-order valence-electron chi connectivity index (χ1n) is 4.20. The topological polar surface area (TPSA) is 0 Å². The second-order valence-electron chi connectivity index (χ2n) is 3.15. The maximum atomic E-state index is 3.84. The number of hydrogen-bond acceptors (Lipinski definition) is 0. The molecule has 1 heteroatoms. The maximum Gasteiger partial charge on any atom is 0.0205 e. The maximum absolute atomic E-state index is 3.84. The van der Waals surface area contributed by atoms with E-state index in [0.717, 1.165) is 5.57 Å². The number of allylic oxidation sites excluding steroid dienone is 2. The van der Waals surface area contributed by atoms with Gasteiger partial charge in [0.15, 0.2) is 0 Å². The minimum Gasteiger partial charge on any atom is -0.0961 e. The van der Waals surface area contributed by atoms with Crippen molar-refractivity contribution in [2.24, 2.45) is 0 Å². The monoisotopic (exact) mass is 284 g/mol. The summed E-state index contributed by atoms with van der Waals surface area (Å²) in [5.41, 5.74) is 3.69. The van der Waals surface area contributed by atoms with Crippen LogP contribution in [0, 0.1) is 10.5 Å². The first-order chi connectivity index (χ1) is 6.11. The first-order valence-corrected chi connectivity index (χ1v) is 5.28. The quantitative estimate of drug-likeness (QED) is 0.564. The van der Waals surface area contributed by atoms with E-state index in [9.17, 15) is 0 Å². The van der Waals surface area contributed by atoms with Gasteiger partial charge in [0.05, 0.1) is 0 Å². The summed E-state index contributed by atoms with van der Waals surface area (Å²) in [4.78, 5) is 0. The summed E-state index contributed by atoms with van der Waals surface area (Å²) in [5, 5.41) is 0. The molecule has 0 aliphatic heterocycles. The van der Waals surface area contributed by atoms with Gasteiger partial charge < -0.3 is 0 Å². The van der Waals surface area contributed by atoms with Gasteiger partial charge in [0.25, 0.3) is 0 Å². The number of benzene rings is 1. The fourth-order valence-corrected chi connectivity index (χ4v) is 1.89. The van der Waals surface area contributed by atoms with E-state index in [1.54, 1.807) is 0 Å². The van der Waals surface area contributed by atoms with Crippen LogP contribution in [0.5, 0.6) is 0 Å². The molecule has 0 saturated carbocycles. The van der Waals surface area contributed by atoms with Crippen molar-refractivity contribution in [2.75, 3.05) is 0 Å². The molecule has 0 amide bonds. The second kappa shape index (κ2) is 4.61. The third-order valence-electron chi connectivity index (χ3n) is 1.81. The Hall–Kier alpha value is -0.570. The van der Waals surface area contributed by atoms with Crippen molar-refractivity contribution in [2.45, 2.75) is 13.8 Å². The zero-order chi connectivity index (χ0) is 9.84. The molecule has 0 heterocycles. The molecule has 1 rings (SSSR count). The normalized spacial score (nSPS) is 10.7. The summed E-state index contributed by atoms with van der Waals surface area (Å²) in [6.07, 6.45) is 4.17. The molecule has 0 atom stereocenters. The highest BCUT2D eigenvalue weighted by atomic mass is 127. The molecule has 0 unspecified atom stereocenters. The van der Waals surface area contributed by atoms with E-state index >= 15 is 0 Å². The van der Waals surface area contributed by atoms with Crippen LogP contribution >= 0.6 is 22.6 Å². The lowest BCUT2D eigenvalue weighted by molar-refractivity contribution is 1.41. The highest BCUT2D eigenvalue weighted by Crippen LogP contribution is 2.18. The van der Waals surface area contributed by atoms with Gasteiger partial charge in [0.1, 0.15) is 0 Å². The highest BCUT2D eigenvalue weighted by molar-refractivity contribution is 14.1. The lowest BCUT2D eigenvalue weighted by atomic mass is 10.1. The van der Waals surface area contributed by atoms with Gasteiger partial charge in [-0.05, 0) is 53.6 Å². The Kier molecular flexibility index (Phi) is 3.72. The van der Waals surface area contributed by atoms with Crippen LogP contribution in [0.3, 0.4) is 0 Å². The molecule has 0 aliphatic rings. The SMILES string of the molecule is C=C(C)/C=C\c1c(C)cccc1I. The highest BCUT2D eigenvalue weighted by Gasteiger charge is 1.97. The van der Waals surface area contributed by atoms with E-state index in [2.05, 4.69) is 60.4 Å². The average Bonchev–Trinajstić information content (AvgIpc) is 2.03. The third kappa shape index (κ3) is 2.99. The second-order valence-corrected chi connectivity index (χ2v) is 4.31. The van der Waals surface area contributed by atoms with Crippen LogP contribution < -0.4 is 0 Å². The molecule has 0 fully saturated rings. The molecule has 1 aromatic rings. The van der Waals surface area contributed by atoms with Crippen molar-refractivity contribution in [3.05, 3.63) is 51.1 Å². The smallest absolute Gasteiger partial charge is 0.0205 e. The van der Waals surface area contributed by atoms with Crippen LogP contribution in [0.15, 0.2) is 36.4 Å². The summed E-state index contributed by atoms with van der Waals surface area (Å²) >= 11 is 2.35. The Morgan fingerprint density at radius 3 is 2.69 bits per heavy atom. The van der Waals surface area contributed by atoms with Gasteiger partial charge in [-0.1, -0.05) is 36.4 Å². The molecular formula is C12H13I. The van der Waals surface area contributed by atoms with Crippen LogP contribution in [0.2, 0.25) is 0 Å². The summed E-state index contributed by atoms with van der Waals surface area (Å²) in [6.45, 7) is 7.97. The van der Waals surface area contributed by atoms with Crippen LogP contribution in [0.4, 0.5) is 0 Å². The Bertz CT molecular complexity index is 328. The Balaban J connectivity index is 3.06. The van der Waals surface area contributed by atoms with E-state index < -0.39 is 0 Å². The third-order valence-corrected chi connectivity index (χ3v) is 2.75. The summed E-state index contributed by atoms with van der Waals surface area (Å²) < 4.78 is 1.29. The number of aryl methyl sites for hydroxylation is 1. The summed E-state index contributed by atoms with van der Waals surface area (Å²) in [7, 11) is 0. The van der Waals surface area contributed by atoms with E-state index in [0.29, 0.717) is 0 Å². The number of rotatable bonds is 2. The molecule has 0 N–H and O–H groups in total. The van der Waals surface area contributed by atoms with Crippen molar-refractivity contribution < 1.29 is 0 Å². The van der Waals surface area contributed by atoms with Gasteiger partial charge in [0, 0.05) is 3.57 Å². The van der Waals surface area contributed by atoms with Crippen LogP contribution in [0.25, 0.3) is 6.08 Å². The van der Waals surface area contributed by atoms with Crippen LogP contribution in [0.1, 0.15) is 18.1 Å². The number of hydrogen-bond donors (Lipinski definition) is 0.